The highest BCUT2D eigenvalue weighted by Gasteiger charge is 2.16. The van der Waals surface area contributed by atoms with Crippen molar-refractivity contribution in [3.63, 3.8) is 0 Å². The zero-order chi connectivity index (χ0) is 15.1. The summed E-state index contributed by atoms with van der Waals surface area (Å²) in [5, 5.41) is 0.998. The smallest absolute Gasteiger partial charge is 0.420 e. The van der Waals surface area contributed by atoms with Crippen LogP contribution in [-0.4, -0.2) is 4.57 Å². The third kappa shape index (κ3) is 2.03. The molecule has 2 aromatic heterocycles. The molecule has 0 amide bonds. The van der Waals surface area contributed by atoms with Gasteiger partial charge in [0.1, 0.15) is 11.3 Å². The van der Waals surface area contributed by atoms with Crippen molar-refractivity contribution in [3.05, 3.63) is 70.9 Å². The average Bonchev–Trinajstić information content (AvgIpc) is 3.09. The number of oxazole rings is 1. The van der Waals surface area contributed by atoms with E-state index in [4.69, 9.17) is 14.6 Å². The van der Waals surface area contributed by atoms with Gasteiger partial charge >= 0.3 is 5.76 Å². The Morgan fingerprint density at radius 2 is 1.73 bits per heavy atom. The van der Waals surface area contributed by atoms with Gasteiger partial charge < -0.3 is 14.6 Å². The van der Waals surface area contributed by atoms with Crippen LogP contribution >= 0.6 is 0 Å². The number of nitrogens with zero attached hydrogens (tertiary/aromatic N) is 1. The van der Waals surface area contributed by atoms with Crippen molar-refractivity contribution < 1.29 is 8.83 Å². The van der Waals surface area contributed by atoms with E-state index in [0.717, 1.165) is 16.5 Å². The summed E-state index contributed by atoms with van der Waals surface area (Å²) in [7, 11) is 0. The summed E-state index contributed by atoms with van der Waals surface area (Å²) >= 11 is 0. The average molecular weight is 294 g/mol. The summed E-state index contributed by atoms with van der Waals surface area (Å²) in [5.74, 6) is 0.242. The molecular formula is C17H14N2O3. The molecule has 2 N–H and O–H groups in total. The summed E-state index contributed by atoms with van der Waals surface area (Å²) < 4.78 is 12.5. The standard InChI is InChI=1S/C17H14N2O3/c18-12(16-9-11-5-1-3-7-14(11)21-16)10-19-13-6-2-4-8-15(13)22-17(19)20/h1-9,12H,10,18H2. The van der Waals surface area contributed by atoms with Crippen molar-refractivity contribution >= 4 is 22.1 Å². The molecule has 0 aliphatic rings. The molecule has 4 aromatic rings. The second kappa shape index (κ2) is 4.89. The van der Waals surface area contributed by atoms with Crippen molar-refractivity contribution in [1.82, 2.24) is 4.57 Å². The number of fused-ring (bicyclic) bond motifs is 2. The topological polar surface area (TPSA) is 74.3 Å². The van der Waals surface area contributed by atoms with Gasteiger partial charge in [0.2, 0.25) is 0 Å². The van der Waals surface area contributed by atoms with Gasteiger partial charge in [0.25, 0.3) is 0 Å². The number of benzene rings is 2. The van der Waals surface area contributed by atoms with Gasteiger partial charge in [0.05, 0.1) is 18.1 Å². The van der Waals surface area contributed by atoms with Crippen LogP contribution in [0.1, 0.15) is 11.8 Å². The zero-order valence-electron chi connectivity index (χ0n) is 11.7. The first-order valence-corrected chi connectivity index (χ1v) is 7.05. The van der Waals surface area contributed by atoms with Gasteiger partial charge in [0, 0.05) is 5.39 Å². The monoisotopic (exact) mass is 294 g/mol. The van der Waals surface area contributed by atoms with Gasteiger partial charge in [-0.25, -0.2) is 4.79 Å². The van der Waals surface area contributed by atoms with Crippen LogP contribution in [0.25, 0.3) is 22.1 Å². The molecule has 0 aliphatic carbocycles. The van der Waals surface area contributed by atoms with Crippen molar-refractivity contribution in [1.29, 1.82) is 0 Å². The summed E-state index contributed by atoms with van der Waals surface area (Å²) in [6, 6.07) is 16.5. The van der Waals surface area contributed by atoms with Gasteiger partial charge in [0.15, 0.2) is 5.58 Å². The van der Waals surface area contributed by atoms with Crippen LogP contribution in [0, 0.1) is 0 Å². The molecule has 0 saturated carbocycles. The highest BCUT2D eigenvalue weighted by atomic mass is 16.4. The summed E-state index contributed by atoms with van der Waals surface area (Å²) in [4.78, 5) is 12.0. The maximum Gasteiger partial charge on any atom is 0.420 e. The Kier molecular flexibility index (Phi) is 2.87. The predicted octanol–water partition coefficient (Wildman–Crippen LogP) is 3.04. The Morgan fingerprint density at radius 1 is 1.00 bits per heavy atom. The third-order valence-electron chi connectivity index (χ3n) is 3.76. The molecule has 1 atom stereocenters. The minimum absolute atomic E-state index is 0.301. The second-order valence-corrected chi connectivity index (χ2v) is 5.24. The van der Waals surface area contributed by atoms with Crippen LogP contribution in [0.3, 0.4) is 0 Å². The molecule has 0 radical (unpaired) electrons. The number of hydrogen-bond donors (Lipinski definition) is 1. The van der Waals surface area contributed by atoms with E-state index in [-0.39, 0.29) is 0 Å². The van der Waals surface area contributed by atoms with Crippen LogP contribution in [0.15, 0.2) is 68.2 Å². The van der Waals surface area contributed by atoms with Gasteiger partial charge in [-0.2, -0.15) is 0 Å². The fraction of sp³-hybridized carbons (Fsp3) is 0.118. The van der Waals surface area contributed by atoms with Crippen LogP contribution in [0.4, 0.5) is 0 Å². The Hall–Kier alpha value is -2.79. The van der Waals surface area contributed by atoms with E-state index in [9.17, 15) is 4.79 Å². The number of furan rings is 1. The maximum atomic E-state index is 12.0. The lowest BCUT2D eigenvalue weighted by Gasteiger charge is -2.08. The summed E-state index contributed by atoms with van der Waals surface area (Å²) in [6.45, 7) is 0.301. The third-order valence-corrected chi connectivity index (χ3v) is 3.76. The molecule has 22 heavy (non-hydrogen) atoms. The van der Waals surface area contributed by atoms with Crippen LogP contribution in [0.2, 0.25) is 0 Å². The van der Waals surface area contributed by atoms with Crippen molar-refractivity contribution in [3.8, 4) is 0 Å². The maximum absolute atomic E-state index is 12.0. The Labute approximate surface area is 125 Å². The van der Waals surface area contributed by atoms with Crippen molar-refractivity contribution in [2.45, 2.75) is 12.6 Å². The number of rotatable bonds is 3. The van der Waals surface area contributed by atoms with E-state index in [1.807, 2.05) is 48.5 Å². The lowest BCUT2D eigenvalue weighted by atomic mass is 10.2. The van der Waals surface area contributed by atoms with Crippen LogP contribution < -0.4 is 11.5 Å². The fourth-order valence-electron chi connectivity index (χ4n) is 2.66. The molecule has 2 aromatic carbocycles. The Morgan fingerprint density at radius 3 is 2.55 bits per heavy atom. The molecule has 110 valence electrons. The largest absolute Gasteiger partial charge is 0.459 e. The highest BCUT2D eigenvalue weighted by Crippen LogP contribution is 2.24. The van der Waals surface area contributed by atoms with Crippen molar-refractivity contribution in [2.75, 3.05) is 0 Å². The molecule has 0 saturated heterocycles. The first-order chi connectivity index (χ1) is 10.7. The normalized spacial score (nSPS) is 13.0. The summed E-state index contributed by atoms with van der Waals surface area (Å²) in [5.41, 5.74) is 8.30. The molecule has 1 unspecified atom stereocenters. The molecule has 2 heterocycles. The van der Waals surface area contributed by atoms with E-state index >= 15 is 0 Å². The van der Waals surface area contributed by atoms with Crippen LogP contribution in [-0.2, 0) is 6.54 Å². The van der Waals surface area contributed by atoms with E-state index in [0.29, 0.717) is 17.9 Å². The van der Waals surface area contributed by atoms with Gasteiger partial charge in [-0.15, -0.1) is 0 Å². The number of para-hydroxylation sites is 3. The van der Waals surface area contributed by atoms with E-state index in [1.54, 1.807) is 6.07 Å². The molecular weight excluding hydrogens is 280 g/mol. The zero-order valence-corrected chi connectivity index (χ0v) is 11.7. The van der Waals surface area contributed by atoms with Gasteiger partial charge in [-0.3, -0.25) is 4.57 Å². The molecule has 0 fully saturated rings. The first-order valence-electron chi connectivity index (χ1n) is 7.05. The molecule has 4 rings (SSSR count). The quantitative estimate of drug-likeness (QED) is 0.630. The summed E-state index contributed by atoms with van der Waals surface area (Å²) in [6.07, 6.45) is 0. The molecule has 5 heteroatoms. The lowest BCUT2D eigenvalue weighted by molar-refractivity contribution is 0.432. The van der Waals surface area contributed by atoms with E-state index < -0.39 is 11.8 Å². The Balaban J connectivity index is 1.72. The number of aromatic nitrogens is 1. The number of nitrogens with two attached hydrogens (primary N) is 1. The Bertz CT molecular complexity index is 976. The van der Waals surface area contributed by atoms with Crippen molar-refractivity contribution in [2.24, 2.45) is 5.73 Å². The fourth-order valence-corrected chi connectivity index (χ4v) is 2.66. The highest BCUT2D eigenvalue weighted by molar-refractivity contribution is 5.77. The predicted molar refractivity (Wildman–Crippen MR) is 83.6 cm³/mol. The van der Waals surface area contributed by atoms with E-state index in [2.05, 4.69) is 0 Å². The molecule has 0 spiro atoms. The lowest BCUT2D eigenvalue weighted by Crippen LogP contribution is -2.23. The van der Waals surface area contributed by atoms with Gasteiger partial charge in [-0.1, -0.05) is 30.3 Å². The minimum Gasteiger partial charge on any atom is -0.459 e. The molecule has 5 nitrogen and oxygen atoms in total. The SMILES string of the molecule is NC(Cn1c(=O)oc2ccccc21)c1cc2ccccc2o1. The molecule has 0 aliphatic heterocycles. The molecule has 0 bridgehead atoms. The van der Waals surface area contributed by atoms with E-state index in [1.165, 1.54) is 4.57 Å². The van der Waals surface area contributed by atoms with Crippen LogP contribution in [0.5, 0.6) is 0 Å². The minimum atomic E-state index is -0.425. The first kappa shape index (κ1) is 12.9. The second-order valence-electron chi connectivity index (χ2n) is 5.24. The number of hydrogen-bond acceptors (Lipinski definition) is 4. The van der Waals surface area contributed by atoms with Gasteiger partial charge in [-0.05, 0) is 24.3 Å².